The number of anilines is 1. The van der Waals surface area contributed by atoms with Crippen molar-refractivity contribution in [3.63, 3.8) is 0 Å². The topological polar surface area (TPSA) is 24.9 Å². The van der Waals surface area contributed by atoms with Crippen molar-refractivity contribution in [1.82, 2.24) is 4.98 Å². The standard InChI is InChI=1S/C17H15BrN2/c1-12-5-6-13(9-16(12)18)10-20-17-4-2-3-14-11-19-8-7-15(14)17/h2-9,11,20H,10H2,1H3. The Kier molecular flexibility index (Phi) is 3.70. The van der Waals surface area contributed by atoms with Gasteiger partial charge in [-0.1, -0.05) is 40.2 Å². The molecule has 0 aliphatic rings. The van der Waals surface area contributed by atoms with E-state index in [1.54, 1.807) is 0 Å². The summed E-state index contributed by atoms with van der Waals surface area (Å²) >= 11 is 3.58. The highest BCUT2D eigenvalue weighted by molar-refractivity contribution is 9.10. The van der Waals surface area contributed by atoms with E-state index in [0.29, 0.717) is 0 Å². The first kappa shape index (κ1) is 13.1. The summed E-state index contributed by atoms with van der Waals surface area (Å²) < 4.78 is 1.15. The number of hydrogen-bond acceptors (Lipinski definition) is 2. The highest BCUT2D eigenvalue weighted by atomic mass is 79.9. The number of benzene rings is 2. The van der Waals surface area contributed by atoms with Gasteiger partial charge in [-0.25, -0.2) is 0 Å². The van der Waals surface area contributed by atoms with Crippen LogP contribution in [0.15, 0.2) is 59.3 Å². The molecule has 0 saturated heterocycles. The third-order valence-corrected chi connectivity index (χ3v) is 4.25. The second-order valence-electron chi connectivity index (χ2n) is 4.84. The molecule has 1 aromatic heterocycles. The number of aromatic nitrogens is 1. The van der Waals surface area contributed by atoms with Crippen LogP contribution in [0.2, 0.25) is 0 Å². The lowest BCUT2D eigenvalue weighted by molar-refractivity contribution is 1.14. The van der Waals surface area contributed by atoms with Crippen molar-refractivity contribution in [1.29, 1.82) is 0 Å². The summed E-state index contributed by atoms with van der Waals surface area (Å²) in [6, 6.07) is 14.7. The Morgan fingerprint density at radius 1 is 1.15 bits per heavy atom. The zero-order chi connectivity index (χ0) is 13.9. The molecule has 0 fully saturated rings. The summed E-state index contributed by atoms with van der Waals surface area (Å²) in [4.78, 5) is 4.16. The van der Waals surface area contributed by atoms with Crippen LogP contribution in [0.3, 0.4) is 0 Å². The van der Waals surface area contributed by atoms with Crippen LogP contribution in [0, 0.1) is 6.92 Å². The molecule has 2 aromatic carbocycles. The van der Waals surface area contributed by atoms with E-state index < -0.39 is 0 Å². The summed E-state index contributed by atoms with van der Waals surface area (Å²) in [7, 11) is 0. The number of fused-ring (bicyclic) bond motifs is 1. The van der Waals surface area contributed by atoms with Gasteiger partial charge in [0, 0.05) is 39.9 Å². The average molecular weight is 327 g/mol. The van der Waals surface area contributed by atoms with Crippen LogP contribution in [-0.2, 0) is 6.54 Å². The van der Waals surface area contributed by atoms with Gasteiger partial charge in [0.2, 0.25) is 0 Å². The molecule has 100 valence electrons. The van der Waals surface area contributed by atoms with Crippen LogP contribution >= 0.6 is 15.9 Å². The van der Waals surface area contributed by atoms with Crippen molar-refractivity contribution in [2.75, 3.05) is 5.32 Å². The summed E-state index contributed by atoms with van der Waals surface area (Å²) in [6.07, 6.45) is 3.72. The number of aryl methyl sites for hydroxylation is 1. The SMILES string of the molecule is Cc1ccc(CNc2cccc3cnccc23)cc1Br. The molecular weight excluding hydrogens is 312 g/mol. The van der Waals surface area contributed by atoms with Crippen LogP contribution in [0.1, 0.15) is 11.1 Å². The van der Waals surface area contributed by atoms with Crippen molar-refractivity contribution >= 4 is 32.4 Å². The minimum Gasteiger partial charge on any atom is -0.380 e. The fraction of sp³-hybridized carbons (Fsp3) is 0.118. The van der Waals surface area contributed by atoms with Crippen molar-refractivity contribution in [2.24, 2.45) is 0 Å². The van der Waals surface area contributed by atoms with Crippen molar-refractivity contribution < 1.29 is 0 Å². The molecule has 0 amide bonds. The molecular formula is C17H15BrN2. The Bertz CT molecular complexity index is 748. The maximum absolute atomic E-state index is 4.16. The third kappa shape index (κ3) is 2.68. The lowest BCUT2D eigenvalue weighted by Gasteiger charge is -2.10. The van der Waals surface area contributed by atoms with Gasteiger partial charge >= 0.3 is 0 Å². The molecule has 3 rings (SSSR count). The molecule has 0 spiro atoms. The van der Waals surface area contributed by atoms with E-state index in [0.717, 1.165) is 22.1 Å². The van der Waals surface area contributed by atoms with Gasteiger partial charge in [0.15, 0.2) is 0 Å². The van der Waals surface area contributed by atoms with E-state index in [2.05, 4.69) is 69.6 Å². The molecule has 1 N–H and O–H groups in total. The molecule has 20 heavy (non-hydrogen) atoms. The molecule has 3 heteroatoms. The molecule has 0 radical (unpaired) electrons. The first-order chi connectivity index (χ1) is 9.74. The predicted octanol–water partition coefficient (Wildman–Crippen LogP) is 4.92. The largest absolute Gasteiger partial charge is 0.380 e. The maximum Gasteiger partial charge on any atom is 0.0423 e. The van der Waals surface area contributed by atoms with Gasteiger partial charge in [0.05, 0.1) is 0 Å². The van der Waals surface area contributed by atoms with E-state index in [4.69, 9.17) is 0 Å². The minimum atomic E-state index is 0.806. The highest BCUT2D eigenvalue weighted by Crippen LogP contribution is 2.23. The summed E-state index contributed by atoms with van der Waals surface area (Å²) in [6.45, 7) is 2.90. The Hall–Kier alpha value is -1.87. The van der Waals surface area contributed by atoms with Gasteiger partial charge in [-0.15, -0.1) is 0 Å². The zero-order valence-electron chi connectivity index (χ0n) is 11.2. The molecule has 0 unspecified atom stereocenters. The van der Waals surface area contributed by atoms with Gasteiger partial charge in [0.1, 0.15) is 0 Å². The van der Waals surface area contributed by atoms with Crippen LogP contribution in [0.4, 0.5) is 5.69 Å². The van der Waals surface area contributed by atoms with Gasteiger partial charge < -0.3 is 5.32 Å². The van der Waals surface area contributed by atoms with Crippen LogP contribution in [0.25, 0.3) is 10.8 Å². The quantitative estimate of drug-likeness (QED) is 0.739. The van der Waals surface area contributed by atoms with Crippen molar-refractivity contribution in [3.8, 4) is 0 Å². The summed E-state index contributed by atoms with van der Waals surface area (Å²) in [5.74, 6) is 0. The van der Waals surface area contributed by atoms with Crippen molar-refractivity contribution in [2.45, 2.75) is 13.5 Å². The third-order valence-electron chi connectivity index (χ3n) is 3.40. The number of pyridine rings is 1. The van der Waals surface area contributed by atoms with Crippen LogP contribution in [0.5, 0.6) is 0 Å². The van der Waals surface area contributed by atoms with Gasteiger partial charge in [-0.05, 0) is 36.2 Å². The Labute approximate surface area is 127 Å². The molecule has 0 saturated carbocycles. The monoisotopic (exact) mass is 326 g/mol. The van der Waals surface area contributed by atoms with E-state index >= 15 is 0 Å². The van der Waals surface area contributed by atoms with E-state index in [9.17, 15) is 0 Å². The number of nitrogens with one attached hydrogen (secondary N) is 1. The predicted molar refractivity (Wildman–Crippen MR) is 87.9 cm³/mol. The van der Waals surface area contributed by atoms with Gasteiger partial charge in [-0.2, -0.15) is 0 Å². The smallest absolute Gasteiger partial charge is 0.0423 e. The molecule has 1 heterocycles. The van der Waals surface area contributed by atoms with E-state index in [1.807, 2.05) is 18.5 Å². The second-order valence-corrected chi connectivity index (χ2v) is 5.69. The molecule has 0 bridgehead atoms. The first-order valence-electron chi connectivity index (χ1n) is 6.56. The fourth-order valence-electron chi connectivity index (χ4n) is 2.22. The van der Waals surface area contributed by atoms with E-state index in [1.165, 1.54) is 16.5 Å². The number of hydrogen-bond donors (Lipinski definition) is 1. The van der Waals surface area contributed by atoms with Crippen molar-refractivity contribution in [3.05, 3.63) is 70.5 Å². The Morgan fingerprint density at radius 3 is 2.90 bits per heavy atom. The lowest BCUT2D eigenvalue weighted by atomic mass is 10.1. The maximum atomic E-state index is 4.16. The first-order valence-corrected chi connectivity index (χ1v) is 7.35. The average Bonchev–Trinajstić information content (AvgIpc) is 2.48. The number of halogens is 1. The normalized spacial score (nSPS) is 10.7. The molecule has 2 nitrogen and oxygen atoms in total. The van der Waals surface area contributed by atoms with Crippen LogP contribution < -0.4 is 5.32 Å². The highest BCUT2D eigenvalue weighted by Gasteiger charge is 2.01. The Balaban J connectivity index is 1.85. The Morgan fingerprint density at radius 2 is 2.05 bits per heavy atom. The van der Waals surface area contributed by atoms with E-state index in [-0.39, 0.29) is 0 Å². The summed E-state index contributed by atoms with van der Waals surface area (Å²) in [5, 5.41) is 5.86. The fourth-order valence-corrected chi connectivity index (χ4v) is 2.65. The number of nitrogens with zero attached hydrogens (tertiary/aromatic N) is 1. The molecule has 3 aromatic rings. The second kappa shape index (κ2) is 5.63. The zero-order valence-corrected chi connectivity index (χ0v) is 12.8. The molecule has 0 aliphatic heterocycles. The van der Waals surface area contributed by atoms with Crippen LogP contribution in [-0.4, -0.2) is 4.98 Å². The molecule has 0 aliphatic carbocycles. The molecule has 0 atom stereocenters. The van der Waals surface area contributed by atoms with Gasteiger partial charge in [-0.3, -0.25) is 4.98 Å². The minimum absolute atomic E-state index is 0.806. The lowest BCUT2D eigenvalue weighted by Crippen LogP contribution is -2.00. The number of rotatable bonds is 3. The summed E-state index contributed by atoms with van der Waals surface area (Å²) in [5.41, 5.74) is 3.65. The van der Waals surface area contributed by atoms with Gasteiger partial charge in [0.25, 0.3) is 0 Å².